The zero-order valence-corrected chi connectivity index (χ0v) is 48.5. The van der Waals surface area contributed by atoms with E-state index in [1.807, 2.05) is 21.1 Å². The van der Waals surface area contributed by atoms with E-state index in [2.05, 4.69) is 196 Å². The number of carboxylic acids is 1. The Morgan fingerprint density at radius 2 is 0.714 bits per heavy atom. The number of unbranched alkanes of at least 4 members (excludes halogenated alkanes) is 5. The minimum Gasteiger partial charge on any atom is -0.545 e. The lowest BCUT2D eigenvalue weighted by Gasteiger charge is -2.26. The molecule has 0 rings (SSSR count). The van der Waals surface area contributed by atoms with Crippen molar-refractivity contribution in [1.29, 1.82) is 0 Å². The number of aliphatic carboxylic acids is 1. The maximum atomic E-state index is 12.9. The summed E-state index contributed by atoms with van der Waals surface area (Å²) >= 11 is 0. The highest BCUT2D eigenvalue weighted by molar-refractivity contribution is 5.70. The summed E-state index contributed by atoms with van der Waals surface area (Å²) in [5.74, 6) is -2.43. The smallest absolute Gasteiger partial charge is 0.306 e. The number of esters is 2. The van der Waals surface area contributed by atoms with E-state index in [9.17, 15) is 19.5 Å². The Hall–Kier alpha value is -5.61. The Balaban J connectivity index is 4.39. The van der Waals surface area contributed by atoms with Crippen molar-refractivity contribution in [1.82, 2.24) is 0 Å². The van der Waals surface area contributed by atoms with E-state index in [0.717, 1.165) is 128 Å². The molecule has 0 bridgehead atoms. The van der Waals surface area contributed by atoms with Crippen LogP contribution < -0.4 is 5.11 Å². The molecular weight excluding hydrogens is 959 g/mol. The summed E-state index contributed by atoms with van der Waals surface area (Å²) in [5.41, 5.74) is 0. The molecule has 9 heteroatoms. The zero-order chi connectivity index (χ0) is 56.2. The number of hydrogen-bond acceptors (Lipinski definition) is 8. The van der Waals surface area contributed by atoms with Gasteiger partial charge in [0.05, 0.1) is 40.3 Å². The van der Waals surface area contributed by atoms with Crippen LogP contribution in [0.2, 0.25) is 0 Å². The van der Waals surface area contributed by atoms with Crippen molar-refractivity contribution in [3.63, 3.8) is 0 Å². The van der Waals surface area contributed by atoms with Gasteiger partial charge in [0.2, 0.25) is 0 Å². The summed E-state index contributed by atoms with van der Waals surface area (Å²) in [7, 11) is 5.87. The Morgan fingerprint density at radius 1 is 0.390 bits per heavy atom. The van der Waals surface area contributed by atoms with Crippen molar-refractivity contribution < 1.29 is 42.9 Å². The van der Waals surface area contributed by atoms with Crippen molar-refractivity contribution in [3.8, 4) is 0 Å². The standard InChI is InChI=1S/C68H103NO8/c1-6-8-10-12-14-16-18-20-22-24-25-26-27-28-29-30-31-32-33-34-35-36-37-38-39-40-41-43-45-47-49-51-53-55-57-59-66(71)77-64(63-76-68(67(72)73)74-61-60-69(3,4)5)62-75-65(70)58-56-54-52-50-48-46-44-42-23-21-19-17-15-13-11-9-7-2/h8-11,14-17,20-23,25-26,28-29,31-32,34-35,37-38,40-41,44-47,50,52,64,68H,6-7,12-13,18-19,24,27,30,33,36,39,42-43,48-49,51,53-63H2,1-5H3/b10-8-,11-9-,16-14-,17-15-,22-20-,23-21-,26-25-,29-28-,32-31-,35-34-,38-37-,41-40-,46-44-,47-45-,52-50-. The van der Waals surface area contributed by atoms with Gasteiger partial charge in [0.15, 0.2) is 12.4 Å². The van der Waals surface area contributed by atoms with Crippen molar-refractivity contribution >= 4 is 17.9 Å². The highest BCUT2D eigenvalue weighted by Crippen LogP contribution is 2.11. The minimum absolute atomic E-state index is 0.122. The van der Waals surface area contributed by atoms with Crippen molar-refractivity contribution in [2.45, 2.75) is 180 Å². The molecule has 0 aliphatic carbocycles. The molecule has 0 spiro atoms. The summed E-state index contributed by atoms with van der Waals surface area (Å²) in [6.45, 7) is 4.37. The second-order valence-electron chi connectivity index (χ2n) is 19.5. The van der Waals surface area contributed by atoms with Gasteiger partial charge in [-0.1, -0.05) is 209 Å². The first-order valence-electron chi connectivity index (χ1n) is 28.9. The minimum atomic E-state index is -1.65. The summed E-state index contributed by atoms with van der Waals surface area (Å²) in [5, 5.41) is 11.8. The highest BCUT2D eigenvalue weighted by atomic mass is 16.7. The average molecular weight is 1060 g/mol. The number of allylic oxidation sites excluding steroid dienone is 30. The fourth-order valence-electron chi connectivity index (χ4n) is 6.77. The van der Waals surface area contributed by atoms with Gasteiger partial charge in [0.25, 0.3) is 0 Å². The zero-order valence-electron chi connectivity index (χ0n) is 48.5. The predicted molar refractivity (Wildman–Crippen MR) is 324 cm³/mol. The molecule has 0 saturated heterocycles. The fraction of sp³-hybridized carbons (Fsp3) is 0.515. The van der Waals surface area contributed by atoms with Crippen LogP contribution in [0.4, 0.5) is 0 Å². The molecule has 0 aromatic heterocycles. The first kappa shape index (κ1) is 71.4. The van der Waals surface area contributed by atoms with Crippen molar-refractivity contribution in [2.24, 2.45) is 0 Å². The van der Waals surface area contributed by atoms with Crippen LogP contribution in [0.1, 0.15) is 168 Å². The van der Waals surface area contributed by atoms with Crippen LogP contribution in [-0.2, 0) is 33.3 Å². The molecule has 0 aromatic rings. The fourth-order valence-corrected chi connectivity index (χ4v) is 6.77. The molecule has 9 nitrogen and oxygen atoms in total. The number of carboxylic acid groups (broad SMARTS) is 1. The lowest BCUT2D eigenvalue weighted by atomic mass is 10.1. The van der Waals surface area contributed by atoms with Gasteiger partial charge in [-0.3, -0.25) is 9.59 Å². The molecule has 0 fully saturated rings. The van der Waals surface area contributed by atoms with E-state index in [1.54, 1.807) is 0 Å². The predicted octanol–water partition coefficient (Wildman–Crippen LogP) is 16.0. The van der Waals surface area contributed by atoms with Gasteiger partial charge in [-0.15, -0.1) is 0 Å². The van der Waals surface area contributed by atoms with Gasteiger partial charge in [-0.2, -0.15) is 0 Å². The molecule has 0 aliphatic rings. The number of rotatable bonds is 50. The van der Waals surface area contributed by atoms with Crippen LogP contribution >= 0.6 is 0 Å². The number of carbonyl (C=O) groups excluding carboxylic acids is 3. The molecule has 0 radical (unpaired) electrons. The van der Waals surface area contributed by atoms with Gasteiger partial charge >= 0.3 is 11.9 Å². The third-order valence-electron chi connectivity index (χ3n) is 11.1. The number of likely N-dealkylation sites (N-methyl/N-ethyl adjacent to an activating group) is 1. The molecule has 0 aromatic carbocycles. The van der Waals surface area contributed by atoms with Gasteiger partial charge in [-0.05, 0) is 128 Å². The third kappa shape index (κ3) is 57.9. The number of hydrogen-bond donors (Lipinski definition) is 0. The van der Waals surface area contributed by atoms with Gasteiger partial charge in [0, 0.05) is 12.8 Å². The van der Waals surface area contributed by atoms with Gasteiger partial charge < -0.3 is 33.3 Å². The summed E-state index contributed by atoms with van der Waals surface area (Å²) in [6, 6.07) is 0. The van der Waals surface area contributed by atoms with Crippen LogP contribution in [0.5, 0.6) is 0 Å². The second-order valence-corrected chi connectivity index (χ2v) is 19.5. The molecule has 2 atom stereocenters. The SMILES string of the molecule is CC/C=C\C/C=C\C/C=C\C/C=C\C/C=C\C/C=C\C/C=C\C/C=C\C/C=C\C/C=C\CCCCCCC(=O)OC(COC(=O)CCC/C=C\C/C=C\C/C=C\C/C=C\C/C=C\CC)COC(OCC[N+](C)(C)C)C(=O)[O-]. The Labute approximate surface area is 469 Å². The maximum Gasteiger partial charge on any atom is 0.306 e. The van der Waals surface area contributed by atoms with E-state index in [4.69, 9.17) is 18.9 Å². The molecule has 428 valence electrons. The molecular formula is C68H103NO8. The van der Waals surface area contributed by atoms with Crippen LogP contribution in [0, 0.1) is 0 Å². The first-order valence-corrected chi connectivity index (χ1v) is 28.9. The molecule has 2 unspecified atom stereocenters. The monoisotopic (exact) mass is 1060 g/mol. The van der Waals surface area contributed by atoms with E-state index in [1.165, 1.54) is 0 Å². The van der Waals surface area contributed by atoms with Gasteiger partial charge in [-0.25, -0.2) is 0 Å². The van der Waals surface area contributed by atoms with E-state index >= 15 is 0 Å². The third-order valence-corrected chi connectivity index (χ3v) is 11.1. The Bertz CT molecular complexity index is 1910. The Kier molecular flexibility index (Phi) is 52.5. The normalized spacial score (nSPS) is 14.1. The van der Waals surface area contributed by atoms with Gasteiger partial charge in [0.1, 0.15) is 13.2 Å². The lowest BCUT2D eigenvalue weighted by Crippen LogP contribution is -2.44. The molecule has 77 heavy (non-hydrogen) atoms. The molecule has 0 saturated carbocycles. The number of nitrogens with zero attached hydrogens (tertiary/aromatic N) is 1. The topological polar surface area (TPSA) is 111 Å². The quantitative estimate of drug-likeness (QED) is 0.0195. The highest BCUT2D eigenvalue weighted by Gasteiger charge is 2.21. The van der Waals surface area contributed by atoms with Crippen LogP contribution in [0.25, 0.3) is 0 Å². The second kappa shape index (κ2) is 56.6. The molecule has 0 heterocycles. The van der Waals surface area contributed by atoms with E-state index in [-0.39, 0.29) is 32.7 Å². The van der Waals surface area contributed by atoms with Crippen LogP contribution in [0.3, 0.4) is 0 Å². The number of ether oxygens (including phenoxy) is 4. The van der Waals surface area contributed by atoms with Crippen LogP contribution in [-0.4, -0.2) is 82.3 Å². The number of carbonyl (C=O) groups is 3. The summed E-state index contributed by atoms with van der Waals surface area (Å²) < 4.78 is 22.5. The summed E-state index contributed by atoms with van der Waals surface area (Å²) in [6.07, 6.45) is 83.8. The maximum absolute atomic E-state index is 12.9. The Morgan fingerprint density at radius 3 is 1.06 bits per heavy atom. The molecule has 0 amide bonds. The number of quaternary nitrogens is 1. The molecule has 0 N–H and O–H groups in total. The van der Waals surface area contributed by atoms with E-state index < -0.39 is 30.3 Å². The van der Waals surface area contributed by atoms with Crippen molar-refractivity contribution in [2.75, 3.05) is 47.5 Å². The lowest BCUT2D eigenvalue weighted by molar-refractivity contribution is -0.870. The van der Waals surface area contributed by atoms with E-state index in [0.29, 0.717) is 23.9 Å². The summed E-state index contributed by atoms with van der Waals surface area (Å²) in [4.78, 5) is 37.2. The average Bonchev–Trinajstić information content (AvgIpc) is 3.40. The van der Waals surface area contributed by atoms with Crippen LogP contribution in [0.15, 0.2) is 182 Å². The molecule has 0 aliphatic heterocycles. The van der Waals surface area contributed by atoms with Crippen molar-refractivity contribution in [3.05, 3.63) is 182 Å². The largest absolute Gasteiger partial charge is 0.545 e. The first-order chi connectivity index (χ1) is 37.6.